The van der Waals surface area contributed by atoms with E-state index in [-0.39, 0.29) is 31.0 Å². The normalized spacial score (nSPS) is 9.95. The van der Waals surface area contributed by atoms with Crippen LogP contribution in [0.15, 0.2) is 24.3 Å². The first-order valence-corrected chi connectivity index (χ1v) is 5.60. The Kier molecular flexibility index (Phi) is 4.99. The van der Waals surface area contributed by atoms with Gasteiger partial charge in [0.25, 0.3) is 5.69 Å². The van der Waals surface area contributed by atoms with Crippen LogP contribution in [0, 0.1) is 10.1 Å². The Balaban J connectivity index is 2.71. The molecule has 0 aliphatic rings. The molecule has 0 aliphatic heterocycles. The fourth-order valence-electron chi connectivity index (χ4n) is 1.57. The molecule has 0 saturated carbocycles. The van der Waals surface area contributed by atoms with Gasteiger partial charge in [0.1, 0.15) is 0 Å². The molecule has 1 N–H and O–H groups in total. The second-order valence-corrected chi connectivity index (χ2v) is 4.03. The van der Waals surface area contributed by atoms with Gasteiger partial charge in [-0.2, -0.15) is 0 Å². The van der Waals surface area contributed by atoms with E-state index in [9.17, 15) is 19.7 Å². The molecule has 19 heavy (non-hydrogen) atoms. The number of hydrogen-bond donors (Lipinski definition) is 1. The second-order valence-electron chi connectivity index (χ2n) is 4.03. The number of benzene rings is 1. The molecule has 1 rings (SSSR count). The van der Waals surface area contributed by atoms with E-state index in [4.69, 9.17) is 5.11 Å². The third-order valence-corrected chi connectivity index (χ3v) is 2.57. The summed E-state index contributed by atoms with van der Waals surface area (Å²) in [7, 11) is 1.49. The Morgan fingerprint density at radius 1 is 1.32 bits per heavy atom. The van der Waals surface area contributed by atoms with E-state index in [2.05, 4.69) is 0 Å². The molecule has 1 aromatic carbocycles. The fourth-order valence-corrected chi connectivity index (χ4v) is 1.57. The zero-order valence-electron chi connectivity index (χ0n) is 10.4. The molecule has 0 radical (unpaired) electrons. The van der Waals surface area contributed by atoms with Crippen molar-refractivity contribution < 1.29 is 19.6 Å². The first-order chi connectivity index (χ1) is 8.91. The molecular weight excluding hydrogens is 252 g/mol. The summed E-state index contributed by atoms with van der Waals surface area (Å²) in [4.78, 5) is 33.6. The van der Waals surface area contributed by atoms with Crippen molar-refractivity contribution in [3.8, 4) is 0 Å². The number of carboxylic acid groups (broad SMARTS) is 1. The summed E-state index contributed by atoms with van der Waals surface area (Å²) in [5.41, 5.74) is 0.360. The zero-order chi connectivity index (χ0) is 14.4. The summed E-state index contributed by atoms with van der Waals surface area (Å²) in [5, 5.41) is 19.3. The number of nitro groups is 1. The van der Waals surface area contributed by atoms with Crippen LogP contribution < -0.4 is 0 Å². The summed E-state index contributed by atoms with van der Waals surface area (Å²) in [5.74, 6) is -1.41. The molecule has 7 nitrogen and oxygen atoms in total. The molecule has 1 amide bonds. The maximum Gasteiger partial charge on any atom is 0.303 e. The molecule has 7 heteroatoms. The number of carbonyl (C=O) groups is 2. The topological polar surface area (TPSA) is 101 Å². The summed E-state index contributed by atoms with van der Waals surface area (Å²) in [6.45, 7) is 0.0790. The van der Waals surface area contributed by atoms with E-state index < -0.39 is 10.9 Å². The van der Waals surface area contributed by atoms with Crippen LogP contribution in [0.4, 0.5) is 5.69 Å². The number of rotatable bonds is 6. The molecular formula is C12H14N2O5. The lowest BCUT2D eigenvalue weighted by atomic mass is 10.1. The Labute approximate surface area is 109 Å². The van der Waals surface area contributed by atoms with Crippen LogP contribution in [0.5, 0.6) is 0 Å². The van der Waals surface area contributed by atoms with Crippen LogP contribution in [0.3, 0.4) is 0 Å². The van der Waals surface area contributed by atoms with Gasteiger partial charge >= 0.3 is 5.97 Å². The maximum atomic E-state index is 11.6. The molecule has 0 spiro atoms. The lowest BCUT2D eigenvalue weighted by Crippen LogP contribution is -2.26. The lowest BCUT2D eigenvalue weighted by molar-refractivity contribution is -0.385. The van der Waals surface area contributed by atoms with Crippen LogP contribution >= 0.6 is 0 Å². The number of nitrogens with zero attached hydrogens (tertiary/aromatic N) is 2. The van der Waals surface area contributed by atoms with Crippen molar-refractivity contribution in [1.29, 1.82) is 0 Å². The third-order valence-electron chi connectivity index (χ3n) is 2.57. The average Bonchev–Trinajstić information content (AvgIpc) is 2.36. The highest BCUT2D eigenvalue weighted by atomic mass is 16.6. The first-order valence-electron chi connectivity index (χ1n) is 5.60. The van der Waals surface area contributed by atoms with Gasteiger partial charge in [-0.15, -0.1) is 0 Å². The van der Waals surface area contributed by atoms with Gasteiger partial charge in [0.2, 0.25) is 5.91 Å². The molecule has 1 aromatic rings. The Bertz CT molecular complexity index is 501. The Hall–Kier alpha value is -2.44. The lowest BCUT2D eigenvalue weighted by Gasteiger charge is -2.16. The molecule has 0 atom stereocenters. The highest BCUT2D eigenvalue weighted by Gasteiger charge is 2.17. The molecule has 0 aliphatic carbocycles. The molecule has 0 unspecified atom stereocenters. The summed E-state index contributed by atoms with van der Waals surface area (Å²) >= 11 is 0. The number of nitro benzene ring substituents is 1. The van der Waals surface area contributed by atoms with Gasteiger partial charge in [-0.3, -0.25) is 19.7 Å². The monoisotopic (exact) mass is 266 g/mol. The van der Waals surface area contributed by atoms with Crippen molar-refractivity contribution in [2.45, 2.75) is 19.4 Å². The minimum Gasteiger partial charge on any atom is -0.481 e. The van der Waals surface area contributed by atoms with Gasteiger partial charge in [0.05, 0.1) is 17.9 Å². The van der Waals surface area contributed by atoms with Crippen molar-refractivity contribution in [3.05, 3.63) is 39.9 Å². The summed E-state index contributed by atoms with van der Waals surface area (Å²) in [6.07, 6.45) is -0.369. The van der Waals surface area contributed by atoms with Crippen molar-refractivity contribution in [2.24, 2.45) is 0 Å². The van der Waals surface area contributed by atoms with Crippen LogP contribution in [0.2, 0.25) is 0 Å². The number of carboxylic acids is 1. The van der Waals surface area contributed by atoms with Crippen LogP contribution in [0.1, 0.15) is 18.4 Å². The predicted molar refractivity (Wildman–Crippen MR) is 66.4 cm³/mol. The van der Waals surface area contributed by atoms with Crippen molar-refractivity contribution in [3.63, 3.8) is 0 Å². The molecule has 0 fully saturated rings. The largest absolute Gasteiger partial charge is 0.481 e. The average molecular weight is 266 g/mol. The first kappa shape index (κ1) is 14.6. The summed E-state index contributed by atoms with van der Waals surface area (Å²) in [6, 6.07) is 6.13. The Morgan fingerprint density at radius 3 is 2.53 bits per heavy atom. The van der Waals surface area contributed by atoms with Crippen molar-refractivity contribution in [1.82, 2.24) is 4.90 Å². The van der Waals surface area contributed by atoms with E-state index in [1.54, 1.807) is 18.2 Å². The SMILES string of the molecule is CN(Cc1ccccc1[N+](=O)[O-])C(=O)CCC(=O)O. The molecule has 102 valence electrons. The van der Waals surface area contributed by atoms with E-state index >= 15 is 0 Å². The van der Waals surface area contributed by atoms with Crippen LogP contribution in [-0.4, -0.2) is 33.9 Å². The van der Waals surface area contributed by atoms with Gasteiger partial charge in [-0.05, 0) is 0 Å². The molecule has 0 saturated heterocycles. The highest BCUT2D eigenvalue weighted by Crippen LogP contribution is 2.19. The number of aliphatic carboxylic acids is 1. The molecule has 0 heterocycles. The maximum absolute atomic E-state index is 11.6. The highest BCUT2D eigenvalue weighted by molar-refractivity contribution is 5.80. The predicted octanol–water partition coefficient (Wildman–Crippen LogP) is 1.42. The standard InChI is InChI=1S/C12H14N2O5/c1-13(11(15)6-7-12(16)17)8-9-4-2-3-5-10(9)14(18)19/h2-5H,6-8H2,1H3,(H,16,17). The second kappa shape index (κ2) is 6.48. The molecule has 0 bridgehead atoms. The smallest absolute Gasteiger partial charge is 0.303 e. The van der Waals surface area contributed by atoms with E-state index in [1.807, 2.05) is 0 Å². The van der Waals surface area contributed by atoms with Gasteiger partial charge in [-0.1, -0.05) is 18.2 Å². The van der Waals surface area contributed by atoms with Gasteiger partial charge in [0.15, 0.2) is 0 Å². The number of hydrogen-bond acceptors (Lipinski definition) is 4. The minimum atomic E-state index is -1.05. The molecule has 0 aromatic heterocycles. The minimum absolute atomic E-state index is 0.0552. The van der Waals surface area contributed by atoms with Gasteiger partial charge < -0.3 is 10.0 Å². The van der Waals surface area contributed by atoms with E-state index in [0.717, 1.165) is 0 Å². The van der Waals surface area contributed by atoms with Crippen molar-refractivity contribution in [2.75, 3.05) is 7.05 Å². The number of carbonyl (C=O) groups excluding carboxylic acids is 1. The van der Waals surface area contributed by atoms with Gasteiger partial charge in [0, 0.05) is 25.1 Å². The van der Waals surface area contributed by atoms with Gasteiger partial charge in [-0.25, -0.2) is 0 Å². The zero-order valence-corrected chi connectivity index (χ0v) is 10.4. The number of para-hydroxylation sites is 1. The quantitative estimate of drug-likeness (QED) is 0.619. The fraction of sp³-hybridized carbons (Fsp3) is 0.333. The van der Waals surface area contributed by atoms with E-state index in [1.165, 1.54) is 18.0 Å². The Morgan fingerprint density at radius 2 is 1.95 bits per heavy atom. The van der Waals surface area contributed by atoms with E-state index in [0.29, 0.717) is 5.56 Å². The van der Waals surface area contributed by atoms with Crippen LogP contribution in [0.25, 0.3) is 0 Å². The number of amides is 1. The summed E-state index contributed by atoms with van der Waals surface area (Å²) < 4.78 is 0. The third kappa shape index (κ3) is 4.38. The van der Waals surface area contributed by atoms with Crippen LogP contribution in [-0.2, 0) is 16.1 Å². The van der Waals surface area contributed by atoms with Crippen molar-refractivity contribution >= 4 is 17.6 Å².